The summed E-state index contributed by atoms with van der Waals surface area (Å²) in [5.41, 5.74) is 0. The van der Waals surface area contributed by atoms with E-state index in [2.05, 4.69) is 0 Å². The van der Waals surface area contributed by atoms with Crippen molar-refractivity contribution in [2.24, 2.45) is 0 Å². The molecular weight excluding hydrogens is 373 g/mol. The van der Waals surface area contributed by atoms with Crippen molar-refractivity contribution < 1.29 is 22.3 Å². The van der Waals surface area contributed by atoms with Crippen LogP contribution in [0.5, 0.6) is 0 Å². The van der Waals surface area contributed by atoms with E-state index in [-0.39, 0.29) is 42.6 Å². The highest BCUT2D eigenvalue weighted by atomic mass is 32.2. The Hall–Kier alpha value is -1.55. The lowest BCUT2D eigenvalue weighted by Gasteiger charge is -2.38. The van der Waals surface area contributed by atoms with Gasteiger partial charge in [-0.15, -0.1) is 0 Å². The smallest absolute Gasteiger partial charge is 0.246 e. The Morgan fingerprint density at radius 3 is 2.30 bits per heavy atom. The molecule has 7 nitrogen and oxygen atoms in total. The van der Waals surface area contributed by atoms with E-state index >= 15 is 0 Å². The first-order valence-electron chi connectivity index (χ1n) is 9.17. The van der Waals surface area contributed by atoms with E-state index in [0.29, 0.717) is 26.2 Å². The normalized spacial score (nSPS) is 25.5. The molecule has 0 N–H and O–H groups in total. The lowest BCUT2D eigenvalue weighted by molar-refractivity contribution is -0.144. The van der Waals surface area contributed by atoms with Gasteiger partial charge in [0.2, 0.25) is 15.9 Å². The van der Waals surface area contributed by atoms with Crippen molar-refractivity contribution in [3.05, 3.63) is 30.1 Å². The molecule has 150 valence electrons. The minimum Gasteiger partial charge on any atom is -0.372 e. The van der Waals surface area contributed by atoms with Crippen LogP contribution in [0.15, 0.2) is 29.2 Å². The van der Waals surface area contributed by atoms with Gasteiger partial charge in [0.15, 0.2) is 0 Å². The number of piperazine rings is 1. The summed E-state index contributed by atoms with van der Waals surface area (Å²) in [7, 11) is -3.86. The Labute approximate surface area is 159 Å². The molecule has 0 aliphatic carbocycles. The second-order valence-corrected chi connectivity index (χ2v) is 9.07. The summed E-state index contributed by atoms with van der Waals surface area (Å²) in [4.78, 5) is 16.0. The van der Waals surface area contributed by atoms with Crippen molar-refractivity contribution in [3.63, 3.8) is 0 Å². The fourth-order valence-electron chi connectivity index (χ4n) is 3.59. The molecule has 0 saturated carbocycles. The molecule has 2 aliphatic heterocycles. The molecule has 0 aromatic heterocycles. The largest absolute Gasteiger partial charge is 0.372 e. The first kappa shape index (κ1) is 20.2. The van der Waals surface area contributed by atoms with Crippen LogP contribution in [-0.4, -0.2) is 86.5 Å². The van der Waals surface area contributed by atoms with Crippen LogP contribution in [0.25, 0.3) is 0 Å². The summed E-state index contributed by atoms with van der Waals surface area (Å²) in [6, 6.07) is 5.40. The summed E-state index contributed by atoms with van der Waals surface area (Å²) in [5.74, 6) is -0.715. The second kappa shape index (κ2) is 8.22. The highest BCUT2D eigenvalue weighted by molar-refractivity contribution is 7.89. The number of halogens is 1. The molecule has 9 heteroatoms. The van der Waals surface area contributed by atoms with Crippen LogP contribution in [-0.2, 0) is 19.6 Å². The van der Waals surface area contributed by atoms with Gasteiger partial charge in [-0.2, -0.15) is 4.31 Å². The number of rotatable bonds is 4. The van der Waals surface area contributed by atoms with E-state index in [4.69, 9.17) is 4.74 Å². The zero-order valence-electron chi connectivity index (χ0n) is 15.7. The van der Waals surface area contributed by atoms with E-state index in [1.165, 1.54) is 22.5 Å². The molecule has 0 unspecified atom stereocenters. The molecular formula is C18H26FN3O4S. The monoisotopic (exact) mass is 399 g/mol. The molecule has 1 aromatic rings. The van der Waals surface area contributed by atoms with Gasteiger partial charge in [-0.3, -0.25) is 9.69 Å². The lowest BCUT2D eigenvalue weighted by Crippen LogP contribution is -2.54. The van der Waals surface area contributed by atoms with Gasteiger partial charge >= 0.3 is 0 Å². The number of carbonyl (C=O) groups is 1. The Bertz CT molecular complexity index is 771. The van der Waals surface area contributed by atoms with E-state index in [0.717, 1.165) is 6.07 Å². The molecule has 0 spiro atoms. The minimum absolute atomic E-state index is 0.0143. The molecule has 2 atom stereocenters. The van der Waals surface area contributed by atoms with Crippen LogP contribution in [0.2, 0.25) is 0 Å². The van der Waals surface area contributed by atoms with Crippen molar-refractivity contribution >= 4 is 15.9 Å². The van der Waals surface area contributed by atoms with Crippen molar-refractivity contribution in [1.82, 2.24) is 14.1 Å². The molecule has 2 fully saturated rings. The fraction of sp³-hybridized carbons (Fsp3) is 0.611. The average Bonchev–Trinajstić information content (AvgIpc) is 2.61. The zero-order valence-corrected chi connectivity index (χ0v) is 16.5. The summed E-state index contributed by atoms with van der Waals surface area (Å²) in [6.07, 6.45) is 0.0286. The zero-order chi connectivity index (χ0) is 19.6. The van der Waals surface area contributed by atoms with Gasteiger partial charge in [-0.25, -0.2) is 12.8 Å². The molecule has 2 saturated heterocycles. The molecule has 3 rings (SSSR count). The molecule has 1 aromatic carbocycles. The number of nitrogens with zero attached hydrogens (tertiary/aromatic N) is 3. The third kappa shape index (κ3) is 4.66. The van der Waals surface area contributed by atoms with Gasteiger partial charge in [-0.05, 0) is 26.0 Å². The van der Waals surface area contributed by atoms with Gasteiger partial charge in [0.1, 0.15) is 10.7 Å². The van der Waals surface area contributed by atoms with Gasteiger partial charge in [0.25, 0.3) is 0 Å². The summed E-state index contributed by atoms with van der Waals surface area (Å²) in [6.45, 7) is 6.65. The highest BCUT2D eigenvalue weighted by Crippen LogP contribution is 2.20. The third-order valence-corrected chi connectivity index (χ3v) is 6.85. The van der Waals surface area contributed by atoms with Crippen LogP contribution in [0.1, 0.15) is 13.8 Å². The topological polar surface area (TPSA) is 70.2 Å². The SMILES string of the molecule is C[C@@H]1CN(C(=O)CN2CCN(S(=O)(=O)c3ccccc3F)CC2)C[C@@H](C)O1. The van der Waals surface area contributed by atoms with E-state index in [1.54, 1.807) is 4.90 Å². The fourth-order valence-corrected chi connectivity index (χ4v) is 5.08. The van der Waals surface area contributed by atoms with Crippen molar-refractivity contribution in [1.29, 1.82) is 0 Å². The Kier molecular flexibility index (Phi) is 6.15. The molecule has 0 radical (unpaired) electrons. The predicted octanol–water partition coefficient (Wildman–Crippen LogP) is 0.768. The van der Waals surface area contributed by atoms with Crippen LogP contribution in [0.4, 0.5) is 4.39 Å². The van der Waals surface area contributed by atoms with Crippen LogP contribution in [0.3, 0.4) is 0 Å². The average molecular weight is 399 g/mol. The number of carbonyl (C=O) groups excluding carboxylic acids is 1. The van der Waals surface area contributed by atoms with Crippen LogP contribution in [0, 0.1) is 5.82 Å². The number of morpholine rings is 1. The van der Waals surface area contributed by atoms with Crippen molar-refractivity contribution in [2.45, 2.75) is 31.0 Å². The first-order valence-corrected chi connectivity index (χ1v) is 10.6. The Morgan fingerprint density at radius 1 is 1.11 bits per heavy atom. The second-order valence-electron chi connectivity index (χ2n) is 7.17. The van der Waals surface area contributed by atoms with Gasteiger partial charge in [-0.1, -0.05) is 12.1 Å². The molecule has 1 amide bonds. The third-order valence-electron chi connectivity index (χ3n) is 4.92. The molecule has 2 aliphatic rings. The van der Waals surface area contributed by atoms with Crippen LogP contribution >= 0.6 is 0 Å². The van der Waals surface area contributed by atoms with Gasteiger partial charge in [0, 0.05) is 39.3 Å². The number of hydrogen-bond donors (Lipinski definition) is 0. The number of benzene rings is 1. The van der Waals surface area contributed by atoms with Gasteiger partial charge in [0.05, 0.1) is 18.8 Å². The summed E-state index contributed by atoms with van der Waals surface area (Å²) in [5, 5.41) is 0. The van der Waals surface area contributed by atoms with E-state index in [1.807, 2.05) is 18.7 Å². The van der Waals surface area contributed by atoms with Crippen molar-refractivity contribution in [3.8, 4) is 0 Å². The summed E-state index contributed by atoms with van der Waals surface area (Å²) < 4.78 is 46.1. The lowest BCUT2D eigenvalue weighted by atomic mass is 10.2. The van der Waals surface area contributed by atoms with E-state index in [9.17, 15) is 17.6 Å². The Morgan fingerprint density at radius 2 is 1.70 bits per heavy atom. The molecule has 27 heavy (non-hydrogen) atoms. The van der Waals surface area contributed by atoms with Crippen LogP contribution < -0.4 is 0 Å². The highest BCUT2D eigenvalue weighted by Gasteiger charge is 2.32. The Balaban J connectivity index is 1.56. The minimum atomic E-state index is -3.86. The quantitative estimate of drug-likeness (QED) is 0.748. The standard InChI is InChI=1S/C18H26FN3O4S/c1-14-11-21(12-15(2)26-14)18(23)13-20-7-9-22(10-8-20)27(24,25)17-6-4-3-5-16(17)19/h3-6,14-15H,7-13H2,1-2H3/t14-,15-/m1/s1. The predicted molar refractivity (Wildman–Crippen MR) is 98.2 cm³/mol. The maximum Gasteiger partial charge on any atom is 0.246 e. The van der Waals surface area contributed by atoms with Crippen molar-refractivity contribution in [2.75, 3.05) is 45.8 Å². The summed E-state index contributed by atoms with van der Waals surface area (Å²) >= 11 is 0. The molecule has 2 heterocycles. The van der Waals surface area contributed by atoms with E-state index < -0.39 is 15.8 Å². The number of ether oxygens (including phenoxy) is 1. The maximum atomic E-state index is 13.9. The maximum absolute atomic E-state index is 13.9. The van der Waals surface area contributed by atoms with Gasteiger partial charge < -0.3 is 9.64 Å². The number of hydrogen-bond acceptors (Lipinski definition) is 5. The number of sulfonamides is 1. The molecule has 0 bridgehead atoms. The first-order chi connectivity index (χ1) is 12.8. The number of amides is 1.